The van der Waals surface area contributed by atoms with Crippen LogP contribution in [0.25, 0.3) is 11.5 Å². The molecule has 0 saturated carbocycles. The minimum Gasteiger partial charge on any atom is -0.497 e. The number of methoxy groups -OCH3 is 1. The number of benzene rings is 2. The average Bonchev–Trinajstić information content (AvgIpc) is 3.16. The smallest absolute Gasteiger partial charge is 0.277 e. The molecular weight excluding hydrogens is 372 g/mol. The summed E-state index contributed by atoms with van der Waals surface area (Å²) in [4.78, 5) is 22.1. The van der Waals surface area contributed by atoms with E-state index >= 15 is 0 Å². The molecule has 3 aromatic rings. The van der Waals surface area contributed by atoms with Gasteiger partial charge in [-0.25, -0.2) is 0 Å². The number of nitrogens with zero attached hydrogens (tertiary/aromatic N) is 3. The van der Waals surface area contributed by atoms with Gasteiger partial charge in [0.15, 0.2) is 0 Å². The van der Waals surface area contributed by atoms with Crippen molar-refractivity contribution in [2.24, 2.45) is 0 Å². The number of nitro groups is 1. The quantitative estimate of drug-likeness (QED) is 0.373. The van der Waals surface area contributed by atoms with Crippen molar-refractivity contribution in [3.63, 3.8) is 0 Å². The molecule has 1 heterocycles. The average molecular weight is 386 g/mol. The van der Waals surface area contributed by atoms with Crippen LogP contribution in [0.1, 0.15) is 0 Å². The van der Waals surface area contributed by atoms with Crippen LogP contribution in [0.2, 0.25) is 0 Å². The summed E-state index contributed by atoms with van der Waals surface area (Å²) in [5, 5.41) is 21.4. The molecule has 0 fully saturated rings. The highest BCUT2D eigenvalue weighted by Gasteiger charge is 2.12. The minimum atomic E-state index is -0.503. The molecule has 0 saturated heterocycles. The molecule has 1 aromatic heterocycles. The molecule has 1 N–H and O–H groups in total. The maximum absolute atomic E-state index is 12.0. The van der Waals surface area contributed by atoms with Gasteiger partial charge in [0.2, 0.25) is 11.8 Å². The van der Waals surface area contributed by atoms with Crippen LogP contribution in [0.5, 0.6) is 5.75 Å². The van der Waals surface area contributed by atoms with E-state index in [0.29, 0.717) is 22.9 Å². The number of aromatic nitrogens is 2. The van der Waals surface area contributed by atoms with Crippen molar-refractivity contribution in [1.82, 2.24) is 10.2 Å². The van der Waals surface area contributed by atoms with Gasteiger partial charge in [0.25, 0.3) is 10.9 Å². The SMILES string of the molecule is COc1cccc(-c2nnc(SCC(=O)Nc3ccc([N+](=O)[O-])cc3)o2)c1. The van der Waals surface area contributed by atoms with Gasteiger partial charge in [-0.2, -0.15) is 0 Å². The van der Waals surface area contributed by atoms with E-state index in [1.54, 1.807) is 19.2 Å². The standard InChI is InChI=1S/C17H14N4O5S/c1-25-14-4-2-3-11(9-14)16-19-20-17(26-16)27-10-15(22)18-12-5-7-13(8-6-12)21(23)24/h2-9H,10H2,1H3,(H,18,22). The maximum atomic E-state index is 12.0. The van der Waals surface area contributed by atoms with E-state index < -0.39 is 4.92 Å². The van der Waals surface area contributed by atoms with Crippen LogP contribution in [0.15, 0.2) is 58.2 Å². The Bertz CT molecular complexity index is 958. The maximum Gasteiger partial charge on any atom is 0.277 e. The second-order valence-electron chi connectivity index (χ2n) is 5.25. The number of thioether (sulfide) groups is 1. The fourth-order valence-corrected chi connectivity index (χ4v) is 2.69. The molecular formula is C17H14N4O5S. The van der Waals surface area contributed by atoms with Crippen LogP contribution in [0.4, 0.5) is 11.4 Å². The second kappa shape index (κ2) is 8.32. The van der Waals surface area contributed by atoms with Gasteiger partial charge in [-0.05, 0) is 30.3 Å². The predicted molar refractivity (Wildman–Crippen MR) is 98.7 cm³/mol. The summed E-state index contributed by atoms with van der Waals surface area (Å²) >= 11 is 1.09. The van der Waals surface area contributed by atoms with Gasteiger partial charge < -0.3 is 14.5 Å². The Labute approximate surface area is 157 Å². The molecule has 10 heteroatoms. The number of ether oxygens (including phenoxy) is 1. The number of nitro benzene ring substituents is 1. The molecule has 0 atom stereocenters. The van der Waals surface area contributed by atoms with Gasteiger partial charge in [0.1, 0.15) is 5.75 Å². The molecule has 27 heavy (non-hydrogen) atoms. The number of anilines is 1. The number of nitrogens with one attached hydrogen (secondary N) is 1. The summed E-state index contributed by atoms with van der Waals surface area (Å²) in [6.07, 6.45) is 0. The topological polar surface area (TPSA) is 120 Å². The summed E-state index contributed by atoms with van der Waals surface area (Å²) in [7, 11) is 1.57. The van der Waals surface area contributed by atoms with Gasteiger partial charge in [-0.15, -0.1) is 10.2 Å². The molecule has 0 aliphatic rings. The van der Waals surface area contributed by atoms with E-state index in [2.05, 4.69) is 15.5 Å². The highest BCUT2D eigenvalue weighted by molar-refractivity contribution is 7.99. The lowest BCUT2D eigenvalue weighted by Crippen LogP contribution is -2.13. The number of carbonyl (C=O) groups excluding carboxylic acids is 1. The molecule has 0 spiro atoms. The number of rotatable bonds is 7. The summed E-state index contributed by atoms with van der Waals surface area (Å²) in [5.74, 6) is 0.751. The largest absolute Gasteiger partial charge is 0.497 e. The predicted octanol–water partition coefficient (Wildman–Crippen LogP) is 3.38. The zero-order valence-electron chi connectivity index (χ0n) is 14.1. The highest BCUT2D eigenvalue weighted by Crippen LogP contribution is 2.26. The zero-order valence-corrected chi connectivity index (χ0v) is 14.9. The molecule has 2 aromatic carbocycles. The molecule has 0 aliphatic heterocycles. The van der Waals surface area contributed by atoms with E-state index in [0.717, 1.165) is 11.8 Å². The highest BCUT2D eigenvalue weighted by atomic mass is 32.2. The third kappa shape index (κ3) is 4.82. The molecule has 3 rings (SSSR count). The minimum absolute atomic E-state index is 0.0432. The molecule has 0 unspecified atom stereocenters. The van der Waals surface area contributed by atoms with Gasteiger partial charge in [0.05, 0.1) is 17.8 Å². The Kier molecular flexibility index (Phi) is 5.67. The lowest BCUT2D eigenvalue weighted by atomic mass is 10.2. The van der Waals surface area contributed by atoms with Crippen LogP contribution in [-0.2, 0) is 4.79 Å². The molecule has 0 radical (unpaired) electrons. The third-order valence-corrected chi connectivity index (χ3v) is 4.23. The molecule has 9 nitrogen and oxygen atoms in total. The molecule has 0 bridgehead atoms. The van der Waals surface area contributed by atoms with E-state index in [9.17, 15) is 14.9 Å². The van der Waals surface area contributed by atoms with Gasteiger partial charge in [-0.1, -0.05) is 17.8 Å². The summed E-state index contributed by atoms with van der Waals surface area (Å²) in [6, 6.07) is 12.8. The van der Waals surface area contributed by atoms with Gasteiger partial charge >= 0.3 is 0 Å². The Morgan fingerprint density at radius 3 is 2.74 bits per heavy atom. The normalized spacial score (nSPS) is 10.4. The zero-order chi connectivity index (χ0) is 19.2. The van der Waals surface area contributed by atoms with Crippen molar-refractivity contribution >= 4 is 29.0 Å². The van der Waals surface area contributed by atoms with Crippen LogP contribution >= 0.6 is 11.8 Å². The monoisotopic (exact) mass is 386 g/mol. The van der Waals surface area contributed by atoms with Crippen molar-refractivity contribution in [3.05, 3.63) is 58.6 Å². The van der Waals surface area contributed by atoms with E-state index in [4.69, 9.17) is 9.15 Å². The first-order valence-electron chi connectivity index (χ1n) is 7.70. The van der Waals surface area contributed by atoms with Gasteiger partial charge in [-0.3, -0.25) is 14.9 Å². The van der Waals surface area contributed by atoms with Gasteiger partial charge in [0, 0.05) is 23.4 Å². The summed E-state index contributed by atoms with van der Waals surface area (Å²) in [6.45, 7) is 0. The first-order chi connectivity index (χ1) is 13.0. The first-order valence-corrected chi connectivity index (χ1v) is 8.69. The van der Waals surface area contributed by atoms with Crippen molar-refractivity contribution in [2.45, 2.75) is 5.22 Å². The number of amides is 1. The number of carbonyl (C=O) groups is 1. The Morgan fingerprint density at radius 1 is 1.26 bits per heavy atom. The van der Waals surface area contributed by atoms with E-state index in [1.165, 1.54) is 24.3 Å². The van der Waals surface area contributed by atoms with E-state index in [1.807, 2.05) is 12.1 Å². The first kappa shape index (κ1) is 18.4. The van der Waals surface area contributed by atoms with Crippen molar-refractivity contribution in [1.29, 1.82) is 0 Å². The lowest BCUT2D eigenvalue weighted by molar-refractivity contribution is -0.384. The molecule has 0 aliphatic carbocycles. The second-order valence-corrected chi connectivity index (χ2v) is 6.17. The van der Waals surface area contributed by atoms with Crippen LogP contribution in [-0.4, -0.2) is 33.9 Å². The van der Waals surface area contributed by atoms with E-state index in [-0.39, 0.29) is 22.6 Å². The number of hydrogen-bond acceptors (Lipinski definition) is 8. The lowest BCUT2D eigenvalue weighted by Gasteiger charge is -2.03. The Morgan fingerprint density at radius 2 is 2.04 bits per heavy atom. The summed E-state index contributed by atoms with van der Waals surface area (Å²) < 4.78 is 10.7. The Balaban J connectivity index is 1.56. The fourth-order valence-electron chi connectivity index (χ4n) is 2.13. The van der Waals surface area contributed by atoms with Crippen molar-refractivity contribution in [2.75, 3.05) is 18.2 Å². The number of non-ortho nitro benzene ring substituents is 1. The fraction of sp³-hybridized carbons (Fsp3) is 0.118. The third-order valence-electron chi connectivity index (χ3n) is 3.41. The van der Waals surface area contributed by atoms with Crippen LogP contribution < -0.4 is 10.1 Å². The molecule has 138 valence electrons. The van der Waals surface area contributed by atoms with Crippen LogP contribution in [0, 0.1) is 10.1 Å². The van der Waals surface area contributed by atoms with Crippen molar-refractivity contribution in [3.8, 4) is 17.2 Å². The van der Waals surface area contributed by atoms with Crippen LogP contribution in [0.3, 0.4) is 0 Å². The molecule has 1 amide bonds. The number of hydrogen-bond donors (Lipinski definition) is 1. The summed E-state index contributed by atoms with van der Waals surface area (Å²) in [5.41, 5.74) is 1.14. The van der Waals surface area contributed by atoms with Crippen molar-refractivity contribution < 1.29 is 18.9 Å². The Hall–Kier alpha value is -3.40.